The number of aromatic nitrogens is 3. The number of aryl methyl sites for hydroxylation is 1. The van der Waals surface area contributed by atoms with E-state index in [2.05, 4.69) is 31.5 Å². The Kier molecular flexibility index (Phi) is 11.4. The van der Waals surface area contributed by atoms with Gasteiger partial charge in [0.1, 0.15) is 39.2 Å². The summed E-state index contributed by atoms with van der Waals surface area (Å²) >= 11 is -1.59. The van der Waals surface area contributed by atoms with E-state index in [-0.39, 0.29) is 23.6 Å². The number of nitrogens with one attached hydrogen (secondary N) is 3. The highest BCUT2D eigenvalue weighted by Crippen LogP contribution is 2.42. The van der Waals surface area contributed by atoms with Crippen molar-refractivity contribution in [1.82, 2.24) is 24.8 Å². The molecule has 2 aromatic carbocycles. The first-order valence-electron chi connectivity index (χ1n) is 17.3. The van der Waals surface area contributed by atoms with E-state index in [1.807, 2.05) is 26.8 Å². The molecule has 11 nitrogen and oxygen atoms in total. The Morgan fingerprint density at radius 1 is 1.06 bits per heavy atom. The van der Waals surface area contributed by atoms with Crippen LogP contribution >= 0.6 is 0 Å². The number of rotatable bonds is 12. The molecule has 4 aromatic rings. The van der Waals surface area contributed by atoms with Crippen LogP contribution in [0.25, 0.3) is 5.69 Å². The van der Waals surface area contributed by atoms with E-state index in [0.717, 1.165) is 24.8 Å². The smallest absolute Gasteiger partial charge is 0.407 e. The number of carbonyl (C=O) groups is 2. The topological polar surface area (TPSA) is 157 Å². The molecule has 1 fully saturated rings. The number of ether oxygens (including phenoxy) is 1. The van der Waals surface area contributed by atoms with Crippen molar-refractivity contribution in [2.75, 3.05) is 5.32 Å². The van der Waals surface area contributed by atoms with E-state index in [0.29, 0.717) is 35.0 Å². The summed E-state index contributed by atoms with van der Waals surface area (Å²) in [6.45, 7) is 12.9. The molecule has 0 radical (unpaired) electrons. The molecule has 1 saturated carbocycles. The number of amides is 2. The van der Waals surface area contributed by atoms with Crippen LogP contribution in [0.4, 0.5) is 14.9 Å². The first-order valence-corrected chi connectivity index (χ1v) is 18.4. The lowest BCUT2D eigenvalue weighted by Gasteiger charge is -2.38. The summed E-state index contributed by atoms with van der Waals surface area (Å²) < 4.78 is 39.0. The zero-order valence-electron chi connectivity index (χ0n) is 30.7. The van der Waals surface area contributed by atoms with Crippen LogP contribution in [0.5, 0.6) is 0 Å². The lowest BCUT2D eigenvalue weighted by molar-refractivity contribution is 0.0523. The van der Waals surface area contributed by atoms with Gasteiger partial charge in [0.25, 0.3) is 5.91 Å². The van der Waals surface area contributed by atoms with Gasteiger partial charge in [-0.25, -0.2) is 18.9 Å². The van der Waals surface area contributed by atoms with Crippen molar-refractivity contribution in [3.8, 4) is 11.8 Å². The normalized spacial score (nSPS) is 14.9. The van der Waals surface area contributed by atoms with Gasteiger partial charge in [0.2, 0.25) is 0 Å². The predicted molar refractivity (Wildman–Crippen MR) is 198 cm³/mol. The van der Waals surface area contributed by atoms with Crippen molar-refractivity contribution in [3.05, 3.63) is 106 Å². The predicted octanol–water partition coefficient (Wildman–Crippen LogP) is 7.35. The summed E-state index contributed by atoms with van der Waals surface area (Å²) in [4.78, 5) is 30.8. The maximum atomic E-state index is 15.6. The Hall–Kier alpha value is -4.77. The van der Waals surface area contributed by atoms with E-state index in [4.69, 9.17) is 4.74 Å². The summed E-state index contributed by atoms with van der Waals surface area (Å²) in [5, 5.41) is 19.7. The molecule has 1 aliphatic carbocycles. The van der Waals surface area contributed by atoms with Gasteiger partial charge in [0, 0.05) is 17.9 Å². The van der Waals surface area contributed by atoms with E-state index >= 15 is 4.39 Å². The molecule has 2 aromatic heterocycles. The molecule has 5 rings (SSSR count). The highest BCUT2D eigenvalue weighted by Gasteiger charge is 2.44. The SMILES string of the molecule is Cc1cc(C(=O)Nc2cc(C(CCC3CC3)(N[S@+]([O-])C(C)(C)C)c3cccc(C#N)n3)ccc2F)n(-c2cccc(CNC(=O)OC(C)(C)C)c2)n1. The molecule has 1 unspecified atom stereocenters. The number of nitriles is 1. The Bertz CT molecular complexity index is 1980. The fourth-order valence-corrected chi connectivity index (χ4v) is 6.62. The second-order valence-electron chi connectivity index (χ2n) is 15.1. The number of hydrogen-bond acceptors (Lipinski definition) is 8. The quantitative estimate of drug-likeness (QED) is 0.128. The number of hydrogen-bond donors (Lipinski definition) is 3. The molecule has 2 amide bonds. The van der Waals surface area contributed by atoms with Crippen LogP contribution in [0.1, 0.15) is 106 Å². The summed E-state index contributed by atoms with van der Waals surface area (Å²) in [7, 11) is 0. The molecule has 2 atom stereocenters. The average Bonchev–Trinajstić information content (AvgIpc) is 3.83. The zero-order chi connectivity index (χ0) is 37.8. The summed E-state index contributed by atoms with van der Waals surface area (Å²) in [6, 6.07) is 20.4. The molecule has 2 heterocycles. The average molecular weight is 728 g/mol. The van der Waals surface area contributed by atoms with Crippen molar-refractivity contribution in [3.63, 3.8) is 0 Å². The Morgan fingerprint density at radius 3 is 2.46 bits per heavy atom. The third kappa shape index (κ3) is 9.56. The third-order valence-corrected chi connectivity index (χ3v) is 10.2. The summed E-state index contributed by atoms with van der Waals surface area (Å²) in [5.74, 6) is -0.770. The maximum absolute atomic E-state index is 15.6. The summed E-state index contributed by atoms with van der Waals surface area (Å²) in [5.41, 5.74) is 1.35. The van der Waals surface area contributed by atoms with E-state index in [1.54, 1.807) is 82.3 Å². The minimum absolute atomic E-state index is 0.0845. The van der Waals surface area contributed by atoms with Crippen molar-refractivity contribution in [2.45, 2.75) is 96.6 Å². The lowest BCUT2D eigenvalue weighted by Crippen LogP contribution is -2.52. The molecular weight excluding hydrogens is 682 g/mol. The number of halogens is 1. The molecule has 0 saturated heterocycles. The Morgan fingerprint density at radius 2 is 1.79 bits per heavy atom. The number of benzene rings is 2. The van der Waals surface area contributed by atoms with E-state index in [1.165, 1.54) is 10.7 Å². The monoisotopic (exact) mass is 727 g/mol. The Labute approximate surface area is 307 Å². The van der Waals surface area contributed by atoms with Gasteiger partial charge in [0.15, 0.2) is 0 Å². The van der Waals surface area contributed by atoms with Gasteiger partial charge >= 0.3 is 6.09 Å². The van der Waals surface area contributed by atoms with Crippen LogP contribution in [-0.4, -0.2) is 41.7 Å². The van der Waals surface area contributed by atoms with Gasteiger partial charge < -0.3 is 19.9 Å². The fraction of sp³-hybridized carbons (Fsp3) is 0.410. The minimum atomic E-state index is -1.59. The molecule has 0 bridgehead atoms. The van der Waals surface area contributed by atoms with Gasteiger partial charge in [-0.3, -0.25) is 4.79 Å². The van der Waals surface area contributed by atoms with Gasteiger partial charge in [-0.05, 0) is 121 Å². The molecule has 0 aliphatic heterocycles. The highest BCUT2D eigenvalue weighted by molar-refractivity contribution is 7.90. The number of carbonyl (C=O) groups excluding carboxylic acids is 2. The van der Waals surface area contributed by atoms with Crippen LogP contribution < -0.4 is 15.4 Å². The molecule has 52 heavy (non-hydrogen) atoms. The van der Waals surface area contributed by atoms with Crippen LogP contribution in [0.3, 0.4) is 0 Å². The number of alkyl carbamates (subject to hydrolysis) is 1. The molecule has 13 heteroatoms. The van der Waals surface area contributed by atoms with Crippen LogP contribution in [0.2, 0.25) is 0 Å². The van der Waals surface area contributed by atoms with E-state index < -0.39 is 45.1 Å². The third-order valence-electron chi connectivity index (χ3n) is 8.51. The zero-order valence-corrected chi connectivity index (χ0v) is 31.5. The second kappa shape index (κ2) is 15.5. The minimum Gasteiger partial charge on any atom is -0.598 e. The van der Waals surface area contributed by atoms with Crippen LogP contribution in [0, 0.1) is 30.0 Å². The number of anilines is 1. The molecule has 1 aliphatic rings. The molecular formula is C39H46FN7O4S. The number of pyridine rings is 1. The molecule has 3 N–H and O–H groups in total. The molecule has 274 valence electrons. The van der Waals surface area contributed by atoms with Crippen molar-refractivity contribution >= 4 is 29.0 Å². The maximum Gasteiger partial charge on any atom is 0.407 e. The summed E-state index contributed by atoms with van der Waals surface area (Å²) in [6.07, 6.45) is 2.89. The largest absolute Gasteiger partial charge is 0.598 e. The second-order valence-corrected chi connectivity index (χ2v) is 17.1. The number of nitrogens with zero attached hydrogens (tertiary/aromatic N) is 4. The Balaban J connectivity index is 1.49. The first-order chi connectivity index (χ1) is 24.5. The van der Waals surface area contributed by atoms with Crippen molar-refractivity contribution < 1.29 is 23.3 Å². The van der Waals surface area contributed by atoms with Gasteiger partial charge in [-0.15, -0.1) is 4.72 Å². The van der Waals surface area contributed by atoms with E-state index in [9.17, 15) is 19.4 Å². The fourth-order valence-electron chi connectivity index (χ4n) is 5.67. The van der Waals surface area contributed by atoms with Crippen LogP contribution in [-0.2, 0) is 28.2 Å². The standard InChI is InChI=1S/C39H46FN7O4S/c1-25-20-33(47(45-25)30-12-8-10-27(21-30)24-42-36(49)51-37(2,3)4)35(48)44-32-22-28(16-17-31(32)40)39(19-18-26-14-15-26,46-52(50)38(5,6)7)34-13-9-11-29(23-41)43-34/h8-13,16-17,20-22,26,46H,14-15,18-19,24H2,1-7H3,(H,42,49)(H,44,48)/t39?,52-/m1/s1. The van der Waals surface area contributed by atoms with Gasteiger partial charge in [0.05, 0.1) is 22.8 Å². The highest BCUT2D eigenvalue weighted by atomic mass is 32.2. The van der Waals surface area contributed by atoms with Crippen LogP contribution in [0.15, 0.2) is 66.7 Å². The lowest BCUT2D eigenvalue weighted by atomic mass is 9.82. The van der Waals surface area contributed by atoms with Gasteiger partial charge in [-0.1, -0.05) is 37.1 Å². The first kappa shape index (κ1) is 38.5. The molecule has 0 spiro atoms. The van der Waals surface area contributed by atoms with Gasteiger partial charge in [-0.2, -0.15) is 10.4 Å². The van der Waals surface area contributed by atoms with Crippen molar-refractivity contribution in [1.29, 1.82) is 5.26 Å². The van der Waals surface area contributed by atoms with Crippen molar-refractivity contribution in [2.24, 2.45) is 5.92 Å².